The molecule has 19 heavy (non-hydrogen) atoms. The van der Waals surface area contributed by atoms with Crippen LogP contribution in [0.15, 0.2) is 18.2 Å². The van der Waals surface area contributed by atoms with Gasteiger partial charge in [0.05, 0.1) is 4.92 Å². The number of hydrogen-bond donors (Lipinski definition) is 1. The van der Waals surface area contributed by atoms with Gasteiger partial charge in [-0.1, -0.05) is 38.4 Å². The molecular formula is C13H17ClN2O3. The van der Waals surface area contributed by atoms with Gasteiger partial charge in [0.15, 0.2) is 0 Å². The largest absolute Gasteiger partial charge is 0.349 e. The van der Waals surface area contributed by atoms with Crippen LogP contribution >= 0.6 is 11.6 Å². The Bertz CT molecular complexity index is 509. The van der Waals surface area contributed by atoms with Crippen LogP contribution in [0, 0.1) is 15.5 Å². The van der Waals surface area contributed by atoms with Gasteiger partial charge in [0.1, 0.15) is 10.6 Å². The zero-order chi connectivity index (χ0) is 14.8. The van der Waals surface area contributed by atoms with E-state index < -0.39 is 10.8 Å². The van der Waals surface area contributed by atoms with E-state index in [2.05, 4.69) is 5.32 Å². The second-order valence-electron chi connectivity index (χ2n) is 5.45. The van der Waals surface area contributed by atoms with Crippen molar-refractivity contribution in [3.63, 3.8) is 0 Å². The van der Waals surface area contributed by atoms with Crippen molar-refractivity contribution in [1.29, 1.82) is 0 Å². The van der Waals surface area contributed by atoms with Crippen molar-refractivity contribution in [1.82, 2.24) is 5.32 Å². The van der Waals surface area contributed by atoms with Crippen molar-refractivity contribution < 1.29 is 9.72 Å². The first-order chi connectivity index (χ1) is 8.64. The molecule has 0 aliphatic rings. The molecule has 0 aliphatic carbocycles. The Morgan fingerprint density at radius 3 is 2.47 bits per heavy atom. The Balaban J connectivity index is 3.08. The van der Waals surface area contributed by atoms with Crippen LogP contribution in [0.4, 0.5) is 5.69 Å². The molecule has 0 aromatic heterocycles. The maximum absolute atomic E-state index is 12.1. The molecule has 1 unspecified atom stereocenters. The highest BCUT2D eigenvalue weighted by Crippen LogP contribution is 2.28. The molecule has 5 nitrogen and oxygen atoms in total. The van der Waals surface area contributed by atoms with Crippen LogP contribution in [0.2, 0.25) is 5.02 Å². The van der Waals surface area contributed by atoms with Crippen LogP contribution in [0.3, 0.4) is 0 Å². The summed E-state index contributed by atoms with van der Waals surface area (Å²) >= 11 is 5.77. The highest BCUT2D eigenvalue weighted by Gasteiger charge is 2.27. The number of nitrogens with zero attached hydrogens (tertiary/aromatic N) is 1. The van der Waals surface area contributed by atoms with Crippen LogP contribution in [0.1, 0.15) is 38.1 Å². The molecule has 104 valence electrons. The predicted molar refractivity (Wildman–Crippen MR) is 74.5 cm³/mol. The van der Waals surface area contributed by atoms with Crippen molar-refractivity contribution in [2.75, 3.05) is 0 Å². The first-order valence-electron chi connectivity index (χ1n) is 5.88. The molecule has 1 amide bonds. The minimum atomic E-state index is -0.640. The van der Waals surface area contributed by atoms with E-state index in [0.717, 1.165) is 0 Å². The minimum absolute atomic E-state index is 0.0198. The van der Waals surface area contributed by atoms with E-state index in [1.165, 1.54) is 18.2 Å². The SMILES string of the molecule is CC(NC(=O)c1cccc(Cl)c1[N+](=O)[O-])C(C)(C)C. The minimum Gasteiger partial charge on any atom is -0.349 e. The molecule has 0 saturated heterocycles. The Labute approximate surface area is 117 Å². The van der Waals surface area contributed by atoms with Gasteiger partial charge < -0.3 is 5.32 Å². The van der Waals surface area contributed by atoms with E-state index in [0.29, 0.717) is 0 Å². The number of nitrogens with one attached hydrogen (secondary N) is 1. The van der Waals surface area contributed by atoms with Gasteiger partial charge in [0.25, 0.3) is 5.91 Å². The topological polar surface area (TPSA) is 72.2 Å². The van der Waals surface area contributed by atoms with Crippen molar-refractivity contribution in [3.8, 4) is 0 Å². The molecule has 1 rings (SSSR count). The number of halogens is 1. The number of nitro benzene ring substituents is 1. The molecule has 6 heteroatoms. The maximum Gasteiger partial charge on any atom is 0.300 e. The van der Waals surface area contributed by atoms with Crippen LogP contribution in [0.25, 0.3) is 0 Å². The zero-order valence-electron chi connectivity index (χ0n) is 11.4. The maximum atomic E-state index is 12.1. The number of carbonyl (C=O) groups is 1. The van der Waals surface area contributed by atoms with Crippen LogP contribution in [-0.2, 0) is 0 Å². The van der Waals surface area contributed by atoms with Gasteiger partial charge in [-0.15, -0.1) is 0 Å². The van der Waals surface area contributed by atoms with Gasteiger partial charge in [0.2, 0.25) is 0 Å². The molecule has 1 aromatic carbocycles. The summed E-state index contributed by atoms with van der Waals surface area (Å²) in [6.07, 6.45) is 0. The van der Waals surface area contributed by atoms with Gasteiger partial charge in [-0.25, -0.2) is 0 Å². The number of hydrogen-bond acceptors (Lipinski definition) is 3. The van der Waals surface area contributed by atoms with Crippen molar-refractivity contribution in [2.24, 2.45) is 5.41 Å². The first-order valence-corrected chi connectivity index (χ1v) is 6.26. The number of nitro groups is 1. The third-order valence-corrected chi connectivity index (χ3v) is 3.37. The van der Waals surface area contributed by atoms with Crippen molar-refractivity contribution >= 4 is 23.2 Å². The fraction of sp³-hybridized carbons (Fsp3) is 0.462. The summed E-state index contributed by atoms with van der Waals surface area (Å²) in [6, 6.07) is 4.18. The fourth-order valence-electron chi connectivity index (χ4n) is 1.38. The quantitative estimate of drug-likeness (QED) is 0.683. The molecule has 1 aromatic rings. The standard InChI is InChI=1S/C13H17ClN2O3/c1-8(13(2,3)4)15-12(17)9-6-5-7-10(14)11(9)16(18)19/h5-8H,1-4H3,(H,15,17). The molecule has 0 fully saturated rings. The summed E-state index contributed by atoms with van der Waals surface area (Å²) in [5, 5.41) is 13.7. The number of rotatable bonds is 3. The van der Waals surface area contributed by atoms with Crippen molar-refractivity contribution in [3.05, 3.63) is 38.9 Å². The van der Waals surface area contributed by atoms with E-state index in [-0.39, 0.29) is 27.7 Å². The smallest absolute Gasteiger partial charge is 0.300 e. The highest BCUT2D eigenvalue weighted by atomic mass is 35.5. The zero-order valence-corrected chi connectivity index (χ0v) is 12.1. The van der Waals surface area contributed by atoms with Crippen LogP contribution < -0.4 is 5.32 Å². The number of para-hydroxylation sites is 1. The molecule has 1 N–H and O–H groups in total. The summed E-state index contributed by atoms with van der Waals surface area (Å²) in [6.45, 7) is 7.78. The van der Waals surface area contributed by atoms with Gasteiger partial charge in [0, 0.05) is 6.04 Å². The molecule has 0 heterocycles. The lowest BCUT2D eigenvalue weighted by Gasteiger charge is -2.28. The second-order valence-corrected chi connectivity index (χ2v) is 5.86. The van der Waals surface area contributed by atoms with E-state index in [1.54, 1.807) is 0 Å². The third-order valence-electron chi connectivity index (χ3n) is 3.06. The number of benzene rings is 1. The Hall–Kier alpha value is -1.62. The first kappa shape index (κ1) is 15.4. The van der Waals surface area contributed by atoms with E-state index in [4.69, 9.17) is 11.6 Å². The third kappa shape index (κ3) is 3.67. The van der Waals surface area contributed by atoms with E-state index in [1.807, 2.05) is 27.7 Å². The normalized spacial score (nSPS) is 12.9. The summed E-state index contributed by atoms with van der Waals surface area (Å²) in [5.41, 5.74) is -0.514. The molecule has 0 saturated carbocycles. The monoisotopic (exact) mass is 284 g/mol. The van der Waals surface area contributed by atoms with E-state index >= 15 is 0 Å². The van der Waals surface area contributed by atoms with Gasteiger partial charge >= 0.3 is 5.69 Å². The van der Waals surface area contributed by atoms with Crippen LogP contribution in [-0.4, -0.2) is 16.9 Å². The average molecular weight is 285 g/mol. The summed E-state index contributed by atoms with van der Waals surface area (Å²) in [7, 11) is 0. The van der Waals surface area contributed by atoms with Crippen molar-refractivity contribution in [2.45, 2.75) is 33.7 Å². The summed E-state index contributed by atoms with van der Waals surface area (Å²) in [4.78, 5) is 22.4. The average Bonchev–Trinajstić information content (AvgIpc) is 2.26. The molecule has 0 aliphatic heterocycles. The highest BCUT2D eigenvalue weighted by molar-refractivity contribution is 6.33. The lowest BCUT2D eigenvalue weighted by atomic mass is 9.88. The lowest BCUT2D eigenvalue weighted by molar-refractivity contribution is -0.385. The van der Waals surface area contributed by atoms with E-state index in [9.17, 15) is 14.9 Å². The Morgan fingerprint density at radius 1 is 1.42 bits per heavy atom. The second kappa shape index (κ2) is 5.57. The Kier molecular flexibility index (Phi) is 4.52. The fourth-order valence-corrected chi connectivity index (χ4v) is 1.62. The Morgan fingerprint density at radius 2 is 2.00 bits per heavy atom. The number of carbonyl (C=O) groups excluding carboxylic acids is 1. The number of amides is 1. The van der Waals surface area contributed by atoms with Gasteiger partial charge in [-0.2, -0.15) is 0 Å². The molecule has 0 bridgehead atoms. The lowest BCUT2D eigenvalue weighted by Crippen LogP contribution is -2.41. The molecule has 1 atom stereocenters. The van der Waals surface area contributed by atoms with Crippen LogP contribution in [0.5, 0.6) is 0 Å². The molecule has 0 radical (unpaired) electrons. The summed E-state index contributed by atoms with van der Waals surface area (Å²) in [5.74, 6) is -0.489. The predicted octanol–water partition coefficient (Wildman–Crippen LogP) is 3.41. The molecular weight excluding hydrogens is 268 g/mol. The van der Waals surface area contributed by atoms with Gasteiger partial charge in [-0.05, 0) is 24.5 Å². The summed E-state index contributed by atoms with van der Waals surface area (Å²) < 4.78 is 0. The molecule has 0 spiro atoms. The van der Waals surface area contributed by atoms with Gasteiger partial charge in [-0.3, -0.25) is 14.9 Å².